The van der Waals surface area contributed by atoms with Crippen molar-refractivity contribution in [2.45, 2.75) is 45.4 Å². The lowest BCUT2D eigenvalue weighted by molar-refractivity contribution is 0.643. The van der Waals surface area contributed by atoms with Crippen LogP contribution in [0.1, 0.15) is 49.5 Å². The molecule has 1 atom stereocenters. The smallest absolute Gasteiger partial charge is 0.176 e. The number of thiophene rings is 1. The van der Waals surface area contributed by atoms with Crippen LogP contribution in [-0.4, -0.2) is 13.6 Å². The maximum absolute atomic E-state index is 13.3. The lowest BCUT2D eigenvalue weighted by Crippen LogP contribution is -2.15. The van der Waals surface area contributed by atoms with Gasteiger partial charge < -0.3 is 5.32 Å². The minimum absolute atomic E-state index is 0.0375. The molecular weight excluding hydrogens is 221 g/mol. The Hall–Kier alpha value is -0.410. The third-order valence-corrected chi connectivity index (χ3v) is 3.86. The predicted octanol–water partition coefficient (Wildman–Crippen LogP) is 3.94. The maximum atomic E-state index is 13.3. The number of hydrogen-bond donors (Lipinski definition) is 1. The Morgan fingerprint density at radius 2 is 2.19 bits per heavy atom. The first kappa shape index (κ1) is 13.7. The maximum Gasteiger partial charge on any atom is 0.176 e. The molecule has 0 aliphatic carbocycles. The van der Waals surface area contributed by atoms with Gasteiger partial charge in [0.05, 0.1) is 0 Å². The van der Waals surface area contributed by atoms with Gasteiger partial charge in [0.15, 0.2) is 5.13 Å². The average molecular weight is 243 g/mol. The van der Waals surface area contributed by atoms with E-state index in [9.17, 15) is 4.39 Å². The van der Waals surface area contributed by atoms with Gasteiger partial charge in [-0.25, -0.2) is 0 Å². The monoisotopic (exact) mass is 243 g/mol. The van der Waals surface area contributed by atoms with E-state index in [1.165, 1.54) is 41.0 Å². The normalized spacial score (nSPS) is 13.0. The first-order chi connectivity index (χ1) is 7.69. The topological polar surface area (TPSA) is 12.0 Å². The highest BCUT2D eigenvalue weighted by molar-refractivity contribution is 7.10. The number of aryl methyl sites for hydroxylation is 1. The summed E-state index contributed by atoms with van der Waals surface area (Å²) in [6.07, 6.45) is 4.66. The zero-order valence-corrected chi connectivity index (χ0v) is 11.3. The molecule has 1 aromatic heterocycles. The van der Waals surface area contributed by atoms with Crippen LogP contribution in [0.2, 0.25) is 0 Å². The molecule has 0 amide bonds. The van der Waals surface area contributed by atoms with Gasteiger partial charge in [-0.05, 0) is 37.4 Å². The zero-order valence-electron chi connectivity index (χ0n) is 10.5. The molecule has 0 aromatic carbocycles. The predicted molar refractivity (Wildman–Crippen MR) is 69.8 cm³/mol. The van der Waals surface area contributed by atoms with Gasteiger partial charge in [-0.15, -0.1) is 11.3 Å². The quantitative estimate of drug-likeness (QED) is 0.715. The van der Waals surface area contributed by atoms with Crippen molar-refractivity contribution in [3.63, 3.8) is 0 Å². The fourth-order valence-electron chi connectivity index (χ4n) is 1.97. The van der Waals surface area contributed by atoms with Crippen LogP contribution in [0.25, 0.3) is 0 Å². The molecule has 0 aliphatic rings. The lowest BCUT2D eigenvalue weighted by Gasteiger charge is -2.11. The van der Waals surface area contributed by atoms with E-state index in [0.717, 1.165) is 13.0 Å². The van der Waals surface area contributed by atoms with Gasteiger partial charge in [-0.2, -0.15) is 4.39 Å². The van der Waals surface area contributed by atoms with Crippen LogP contribution in [-0.2, 0) is 6.42 Å². The number of likely N-dealkylation sites (N-methyl/N-ethyl adjacent to an activating group) is 1. The molecule has 0 aliphatic heterocycles. The average Bonchev–Trinajstić information content (AvgIpc) is 2.61. The number of unbranched alkanes of at least 4 members (excludes halogenated alkanes) is 2. The van der Waals surface area contributed by atoms with Crippen molar-refractivity contribution in [2.75, 3.05) is 13.6 Å². The number of nitrogens with one attached hydrogen (secondary N) is 1. The summed E-state index contributed by atoms with van der Waals surface area (Å²) in [5.41, 5.74) is 1.20. The van der Waals surface area contributed by atoms with E-state index in [2.05, 4.69) is 19.2 Å². The molecule has 0 fully saturated rings. The summed E-state index contributed by atoms with van der Waals surface area (Å²) >= 11 is 1.32. The fraction of sp³-hybridized carbons (Fsp3) is 0.692. The van der Waals surface area contributed by atoms with E-state index in [-0.39, 0.29) is 5.13 Å². The van der Waals surface area contributed by atoms with Crippen LogP contribution in [0.15, 0.2) is 6.07 Å². The molecule has 92 valence electrons. The largest absolute Gasteiger partial charge is 0.319 e. The van der Waals surface area contributed by atoms with Crippen LogP contribution in [0.5, 0.6) is 0 Å². The minimum atomic E-state index is -0.0375. The van der Waals surface area contributed by atoms with E-state index >= 15 is 0 Å². The summed E-state index contributed by atoms with van der Waals surface area (Å²) in [6, 6.07) is 1.72. The molecule has 1 heterocycles. The molecule has 0 saturated heterocycles. The molecule has 16 heavy (non-hydrogen) atoms. The van der Waals surface area contributed by atoms with Gasteiger partial charge in [0.2, 0.25) is 0 Å². The van der Waals surface area contributed by atoms with Crippen LogP contribution in [0.3, 0.4) is 0 Å². The fourth-order valence-corrected chi connectivity index (χ4v) is 3.02. The second kappa shape index (κ2) is 7.02. The molecule has 1 N–H and O–H groups in total. The Kier molecular flexibility index (Phi) is 5.99. The van der Waals surface area contributed by atoms with Gasteiger partial charge in [0.1, 0.15) is 0 Å². The summed E-state index contributed by atoms with van der Waals surface area (Å²) < 4.78 is 13.3. The summed E-state index contributed by atoms with van der Waals surface area (Å²) in [7, 11) is 1.94. The van der Waals surface area contributed by atoms with Crippen molar-refractivity contribution in [3.8, 4) is 0 Å². The van der Waals surface area contributed by atoms with Crippen molar-refractivity contribution in [1.82, 2.24) is 5.32 Å². The molecule has 0 spiro atoms. The number of halogens is 1. The van der Waals surface area contributed by atoms with E-state index in [4.69, 9.17) is 0 Å². The summed E-state index contributed by atoms with van der Waals surface area (Å²) in [6.45, 7) is 5.26. The summed E-state index contributed by atoms with van der Waals surface area (Å²) in [5.74, 6) is 0.405. The second-order valence-corrected chi connectivity index (χ2v) is 5.43. The third kappa shape index (κ3) is 3.87. The molecule has 1 nitrogen and oxygen atoms in total. The molecule has 1 rings (SSSR count). The van der Waals surface area contributed by atoms with E-state index < -0.39 is 0 Å². The summed E-state index contributed by atoms with van der Waals surface area (Å²) in [4.78, 5) is 1.24. The molecule has 1 aromatic rings. The second-order valence-electron chi connectivity index (χ2n) is 4.34. The highest BCUT2D eigenvalue weighted by atomic mass is 32.1. The van der Waals surface area contributed by atoms with E-state index in [1.807, 2.05) is 7.05 Å². The Balaban J connectivity index is 2.66. The molecule has 0 saturated carbocycles. The minimum Gasteiger partial charge on any atom is -0.319 e. The number of rotatable bonds is 7. The van der Waals surface area contributed by atoms with Gasteiger partial charge >= 0.3 is 0 Å². The molecule has 0 bridgehead atoms. The Morgan fingerprint density at radius 1 is 1.44 bits per heavy atom. The van der Waals surface area contributed by atoms with Crippen molar-refractivity contribution < 1.29 is 4.39 Å². The van der Waals surface area contributed by atoms with Crippen LogP contribution < -0.4 is 5.32 Å². The van der Waals surface area contributed by atoms with E-state index in [1.54, 1.807) is 6.07 Å². The van der Waals surface area contributed by atoms with Gasteiger partial charge in [-0.1, -0.05) is 26.7 Å². The highest BCUT2D eigenvalue weighted by Crippen LogP contribution is 2.29. The molecule has 0 radical (unpaired) electrons. The van der Waals surface area contributed by atoms with Crippen molar-refractivity contribution >= 4 is 11.3 Å². The van der Waals surface area contributed by atoms with Gasteiger partial charge in [-0.3, -0.25) is 0 Å². The summed E-state index contributed by atoms with van der Waals surface area (Å²) in [5, 5.41) is 3.11. The number of hydrogen-bond acceptors (Lipinski definition) is 2. The first-order valence-corrected chi connectivity index (χ1v) is 6.93. The SMILES string of the molecule is CCCCCc1sc(F)cc1C(C)CNC. The lowest BCUT2D eigenvalue weighted by atomic mass is 10.00. The van der Waals surface area contributed by atoms with Crippen molar-refractivity contribution in [3.05, 3.63) is 21.6 Å². The van der Waals surface area contributed by atoms with Crippen LogP contribution in [0, 0.1) is 5.13 Å². The third-order valence-electron chi connectivity index (χ3n) is 2.86. The molecular formula is C13H22FNS. The van der Waals surface area contributed by atoms with Crippen LogP contribution in [0.4, 0.5) is 4.39 Å². The van der Waals surface area contributed by atoms with Crippen molar-refractivity contribution in [2.24, 2.45) is 0 Å². The van der Waals surface area contributed by atoms with E-state index in [0.29, 0.717) is 5.92 Å². The highest BCUT2D eigenvalue weighted by Gasteiger charge is 2.14. The zero-order chi connectivity index (χ0) is 12.0. The Bertz CT molecular complexity index is 309. The van der Waals surface area contributed by atoms with Gasteiger partial charge in [0, 0.05) is 11.4 Å². The molecule has 1 unspecified atom stereocenters. The van der Waals surface area contributed by atoms with Gasteiger partial charge in [0.25, 0.3) is 0 Å². The Morgan fingerprint density at radius 3 is 2.81 bits per heavy atom. The van der Waals surface area contributed by atoms with Crippen molar-refractivity contribution in [1.29, 1.82) is 0 Å². The molecule has 3 heteroatoms. The Labute approximate surface area is 102 Å². The standard InChI is InChI=1S/C13H22FNS/c1-4-5-6-7-12-11(8-13(14)16-12)10(2)9-15-3/h8,10,15H,4-7,9H2,1-3H3. The van der Waals surface area contributed by atoms with Crippen LogP contribution >= 0.6 is 11.3 Å². The first-order valence-electron chi connectivity index (χ1n) is 6.11.